The largest absolute Gasteiger partial charge is 0.483 e. The standard InChI is InChI=1S/C17H15ClF2N2O3/c1-11-8-13(18)4-7-15(11)24-10-16(23)22-21-9-12-2-5-14(6-3-12)25-17(19)20/h2-9,17H,10H2,1H3,(H,22,23)/b21-9-. The minimum Gasteiger partial charge on any atom is -0.483 e. The normalized spacial score (nSPS) is 10.9. The van der Waals surface area contributed by atoms with Gasteiger partial charge in [-0.3, -0.25) is 4.79 Å². The Balaban J connectivity index is 1.80. The number of ether oxygens (including phenoxy) is 2. The van der Waals surface area contributed by atoms with Gasteiger partial charge < -0.3 is 9.47 Å². The maximum Gasteiger partial charge on any atom is 0.387 e. The van der Waals surface area contributed by atoms with Gasteiger partial charge in [-0.25, -0.2) is 5.43 Å². The molecule has 132 valence electrons. The zero-order valence-electron chi connectivity index (χ0n) is 13.2. The van der Waals surface area contributed by atoms with Crippen molar-refractivity contribution in [1.29, 1.82) is 0 Å². The maximum atomic E-state index is 12.0. The highest BCUT2D eigenvalue weighted by atomic mass is 35.5. The maximum absolute atomic E-state index is 12.0. The summed E-state index contributed by atoms with van der Waals surface area (Å²) in [6, 6.07) is 10.9. The van der Waals surface area contributed by atoms with E-state index >= 15 is 0 Å². The highest BCUT2D eigenvalue weighted by molar-refractivity contribution is 6.30. The van der Waals surface area contributed by atoms with Crippen LogP contribution in [0.4, 0.5) is 8.78 Å². The SMILES string of the molecule is Cc1cc(Cl)ccc1OCC(=O)N/N=C\c1ccc(OC(F)F)cc1. The van der Waals surface area contributed by atoms with Gasteiger partial charge in [-0.2, -0.15) is 13.9 Å². The minimum atomic E-state index is -2.87. The molecule has 2 aromatic carbocycles. The number of hydrogen-bond donors (Lipinski definition) is 1. The third kappa shape index (κ3) is 6.39. The second-order valence-corrected chi connectivity index (χ2v) is 5.38. The van der Waals surface area contributed by atoms with Crippen molar-refractivity contribution >= 4 is 23.7 Å². The Morgan fingerprint density at radius 2 is 2.00 bits per heavy atom. The number of nitrogens with one attached hydrogen (secondary N) is 1. The molecule has 1 N–H and O–H groups in total. The van der Waals surface area contributed by atoms with Crippen LogP contribution >= 0.6 is 11.6 Å². The van der Waals surface area contributed by atoms with Crippen LogP contribution in [0.15, 0.2) is 47.6 Å². The number of alkyl halides is 2. The monoisotopic (exact) mass is 368 g/mol. The number of aryl methyl sites for hydroxylation is 1. The van der Waals surface area contributed by atoms with E-state index in [1.54, 1.807) is 18.2 Å². The van der Waals surface area contributed by atoms with E-state index in [9.17, 15) is 13.6 Å². The number of nitrogens with zero attached hydrogens (tertiary/aromatic N) is 1. The molecule has 0 unspecified atom stereocenters. The quantitative estimate of drug-likeness (QED) is 0.597. The Labute approximate surface area is 148 Å². The molecule has 2 rings (SSSR count). The summed E-state index contributed by atoms with van der Waals surface area (Å²) in [6.45, 7) is -1.26. The molecule has 0 aliphatic rings. The van der Waals surface area contributed by atoms with Crippen LogP contribution in [-0.2, 0) is 4.79 Å². The summed E-state index contributed by atoms with van der Waals surface area (Å²) in [5, 5.41) is 4.35. The number of rotatable bonds is 7. The number of hydrazone groups is 1. The fraction of sp³-hybridized carbons (Fsp3) is 0.176. The van der Waals surface area contributed by atoms with E-state index in [2.05, 4.69) is 15.3 Å². The van der Waals surface area contributed by atoms with E-state index in [0.29, 0.717) is 16.3 Å². The van der Waals surface area contributed by atoms with E-state index in [-0.39, 0.29) is 12.4 Å². The van der Waals surface area contributed by atoms with Crippen LogP contribution in [0.1, 0.15) is 11.1 Å². The lowest BCUT2D eigenvalue weighted by Gasteiger charge is -2.08. The lowest BCUT2D eigenvalue weighted by molar-refractivity contribution is -0.123. The van der Waals surface area contributed by atoms with Crippen molar-refractivity contribution < 1.29 is 23.0 Å². The van der Waals surface area contributed by atoms with Gasteiger partial charge in [0.1, 0.15) is 11.5 Å². The third-order valence-corrected chi connectivity index (χ3v) is 3.24. The van der Waals surface area contributed by atoms with Crippen molar-refractivity contribution in [3.63, 3.8) is 0 Å². The molecule has 0 heterocycles. The highest BCUT2D eigenvalue weighted by Crippen LogP contribution is 2.21. The predicted octanol–water partition coefficient (Wildman–Crippen LogP) is 3.78. The van der Waals surface area contributed by atoms with Gasteiger partial charge in [0, 0.05) is 5.02 Å². The Morgan fingerprint density at radius 3 is 2.64 bits per heavy atom. The molecular formula is C17H15ClF2N2O3. The molecule has 0 aliphatic heterocycles. The van der Waals surface area contributed by atoms with Crippen molar-refractivity contribution in [2.24, 2.45) is 5.10 Å². The molecular weight excluding hydrogens is 354 g/mol. The van der Waals surface area contributed by atoms with Gasteiger partial charge in [0.05, 0.1) is 6.21 Å². The summed E-state index contributed by atoms with van der Waals surface area (Å²) in [5.41, 5.74) is 3.73. The van der Waals surface area contributed by atoms with Gasteiger partial charge in [0.2, 0.25) is 0 Å². The lowest BCUT2D eigenvalue weighted by atomic mass is 10.2. The number of carbonyl (C=O) groups excluding carboxylic acids is 1. The Hall–Kier alpha value is -2.67. The van der Waals surface area contributed by atoms with E-state index in [1.165, 1.54) is 30.5 Å². The molecule has 0 saturated heterocycles. The molecule has 0 fully saturated rings. The second-order valence-electron chi connectivity index (χ2n) is 4.94. The molecule has 0 saturated carbocycles. The molecule has 0 aliphatic carbocycles. The summed E-state index contributed by atoms with van der Waals surface area (Å²) in [7, 11) is 0. The van der Waals surface area contributed by atoms with Gasteiger partial charge >= 0.3 is 6.61 Å². The average Bonchev–Trinajstić information content (AvgIpc) is 2.55. The molecule has 1 amide bonds. The average molecular weight is 369 g/mol. The van der Waals surface area contributed by atoms with Crippen LogP contribution in [0.3, 0.4) is 0 Å². The number of hydrogen-bond acceptors (Lipinski definition) is 4. The van der Waals surface area contributed by atoms with Gasteiger partial charge in [-0.1, -0.05) is 11.6 Å². The Kier molecular flexibility index (Phi) is 6.71. The number of amides is 1. The van der Waals surface area contributed by atoms with Crippen LogP contribution in [-0.4, -0.2) is 25.3 Å². The van der Waals surface area contributed by atoms with Gasteiger partial charge in [-0.15, -0.1) is 0 Å². The summed E-state index contributed by atoms with van der Waals surface area (Å²) in [5.74, 6) is 0.157. The van der Waals surface area contributed by atoms with Gasteiger partial charge in [-0.05, 0) is 60.5 Å². The first-order valence-corrected chi connectivity index (χ1v) is 7.57. The molecule has 0 aromatic heterocycles. The van der Waals surface area contributed by atoms with E-state index in [0.717, 1.165) is 5.56 Å². The van der Waals surface area contributed by atoms with E-state index < -0.39 is 12.5 Å². The van der Waals surface area contributed by atoms with Gasteiger partial charge in [0.15, 0.2) is 6.61 Å². The second kappa shape index (κ2) is 8.98. The van der Waals surface area contributed by atoms with Crippen molar-refractivity contribution in [1.82, 2.24) is 5.43 Å². The van der Waals surface area contributed by atoms with Crippen LogP contribution in [0.5, 0.6) is 11.5 Å². The fourth-order valence-corrected chi connectivity index (χ4v) is 2.09. The molecule has 0 spiro atoms. The lowest BCUT2D eigenvalue weighted by Crippen LogP contribution is -2.24. The molecule has 2 aromatic rings. The summed E-state index contributed by atoms with van der Waals surface area (Å²) in [4.78, 5) is 11.7. The van der Waals surface area contributed by atoms with Crippen LogP contribution in [0, 0.1) is 6.92 Å². The Morgan fingerprint density at radius 1 is 1.28 bits per heavy atom. The number of benzene rings is 2. The van der Waals surface area contributed by atoms with Crippen molar-refractivity contribution in [2.75, 3.05) is 6.61 Å². The molecule has 0 radical (unpaired) electrons. The molecule has 25 heavy (non-hydrogen) atoms. The van der Waals surface area contributed by atoms with Crippen molar-refractivity contribution in [2.45, 2.75) is 13.5 Å². The first-order chi connectivity index (χ1) is 11.9. The molecule has 5 nitrogen and oxygen atoms in total. The van der Waals surface area contributed by atoms with Crippen LogP contribution < -0.4 is 14.9 Å². The van der Waals surface area contributed by atoms with Crippen molar-refractivity contribution in [3.8, 4) is 11.5 Å². The fourth-order valence-electron chi connectivity index (χ4n) is 1.86. The van der Waals surface area contributed by atoms with Crippen molar-refractivity contribution in [3.05, 3.63) is 58.6 Å². The summed E-state index contributed by atoms with van der Waals surface area (Å²) in [6.07, 6.45) is 1.37. The Bertz CT molecular complexity index is 752. The van der Waals surface area contributed by atoms with E-state index in [1.807, 2.05) is 6.92 Å². The number of carbonyl (C=O) groups is 1. The molecule has 0 bridgehead atoms. The molecule has 8 heteroatoms. The van der Waals surface area contributed by atoms with Crippen LogP contribution in [0.25, 0.3) is 0 Å². The third-order valence-electron chi connectivity index (χ3n) is 3.00. The zero-order chi connectivity index (χ0) is 18.2. The smallest absolute Gasteiger partial charge is 0.387 e. The first-order valence-electron chi connectivity index (χ1n) is 7.20. The highest BCUT2D eigenvalue weighted by Gasteiger charge is 2.05. The van der Waals surface area contributed by atoms with E-state index in [4.69, 9.17) is 16.3 Å². The topological polar surface area (TPSA) is 59.9 Å². The first kappa shape index (κ1) is 18.7. The van der Waals surface area contributed by atoms with Gasteiger partial charge in [0.25, 0.3) is 5.91 Å². The summed E-state index contributed by atoms with van der Waals surface area (Å²) < 4.78 is 33.7. The zero-order valence-corrected chi connectivity index (χ0v) is 14.0. The van der Waals surface area contributed by atoms with Crippen LogP contribution in [0.2, 0.25) is 5.02 Å². The number of halogens is 3. The summed E-state index contributed by atoms with van der Waals surface area (Å²) >= 11 is 5.84. The molecule has 0 atom stereocenters. The predicted molar refractivity (Wildman–Crippen MR) is 90.5 cm³/mol. The minimum absolute atomic E-state index is 0.0444.